The van der Waals surface area contributed by atoms with Gasteiger partial charge in [0, 0.05) is 11.1 Å². The number of nitrogen functional groups attached to an aromatic ring is 1. The lowest BCUT2D eigenvalue weighted by atomic mass is 10.0. The maximum Gasteiger partial charge on any atom is 0.349 e. The Hall–Kier alpha value is -2.30. The molecule has 1 heterocycles. The Balaban J connectivity index is 3.05. The molecule has 0 atom stereocenters. The van der Waals surface area contributed by atoms with Gasteiger partial charge in [-0.15, -0.1) is 0 Å². The lowest BCUT2D eigenvalue weighted by molar-refractivity contribution is 0.0996. The highest BCUT2D eigenvalue weighted by molar-refractivity contribution is 5.99. The molecule has 0 spiro atoms. The van der Waals surface area contributed by atoms with Crippen molar-refractivity contribution in [1.29, 1.82) is 0 Å². The fraction of sp³-hybridized carbons (Fsp3) is 0.167. The first kappa shape index (κ1) is 11.2. The van der Waals surface area contributed by atoms with Crippen molar-refractivity contribution in [2.45, 2.75) is 13.8 Å². The molecule has 0 aliphatic heterocycles. The number of fused-ring (bicyclic) bond motifs is 1. The van der Waals surface area contributed by atoms with E-state index < -0.39 is 11.5 Å². The summed E-state index contributed by atoms with van der Waals surface area (Å²) in [5.41, 5.74) is 12.4. The minimum absolute atomic E-state index is 0.119. The van der Waals surface area contributed by atoms with Crippen molar-refractivity contribution < 1.29 is 9.21 Å². The smallest absolute Gasteiger partial charge is 0.349 e. The van der Waals surface area contributed by atoms with Crippen LogP contribution in [0.4, 0.5) is 5.69 Å². The van der Waals surface area contributed by atoms with Gasteiger partial charge in [0.25, 0.3) is 5.91 Å². The van der Waals surface area contributed by atoms with Crippen LogP contribution in [0.5, 0.6) is 0 Å². The van der Waals surface area contributed by atoms with Crippen LogP contribution in [0.2, 0.25) is 0 Å². The van der Waals surface area contributed by atoms with Gasteiger partial charge in [0.05, 0.1) is 0 Å². The third kappa shape index (κ3) is 1.56. The van der Waals surface area contributed by atoms with Gasteiger partial charge in [-0.3, -0.25) is 4.79 Å². The van der Waals surface area contributed by atoms with Gasteiger partial charge in [-0.05, 0) is 37.1 Å². The van der Waals surface area contributed by atoms with Crippen LogP contribution in [-0.4, -0.2) is 5.91 Å². The van der Waals surface area contributed by atoms with Crippen molar-refractivity contribution in [3.63, 3.8) is 0 Å². The number of primary amides is 1. The maximum absolute atomic E-state index is 11.6. The summed E-state index contributed by atoms with van der Waals surface area (Å²) in [6.45, 7) is 3.46. The fourth-order valence-electron chi connectivity index (χ4n) is 1.97. The van der Waals surface area contributed by atoms with E-state index in [1.54, 1.807) is 26.0 Å². The topological polar surface area (TPSA) is 99.3 Å². The molecule has 0 saturated carbocycles. The number of benzene rings is 1. The average Bonchev–Trinajstić information content (AvgIpc) is 2.22. The molecule has 2 rings (SSSR count). The standard InChI is InChI=1S/C12H12N2O3/c1-5-7(13)3-4-8-9(5)6(2)10(11(14)15)12(16)17-8/h3-4H,13H2,1-2H3,(H2,14,15). The normalized spacial score (nSPS) is 10.7. The molecule has 0 unspecified atom stereocenters. The zero-order valence-corrected chi connectivity index (χ0v) is 9.53. The molecular formula is C12H12N2O3. The number of carbonyl (C=O) groups is 1. The van der Waals surface area contributed by atoms with Gasteiger partial charge in [0.1, 0.15) is 11.1 Å². The highest BCUT2D eigenvalue weighted by atomic mass is 16.4. The number of carbonyl (C=O) groups excluding carboxylic acids is 1. The molecule has 0 aliphatic carbocycles. The van der Waals surface area contributed by atoms with Gasteiger partial charge < -0.3 is 15.9 Å². The molecule has 0 radical (unpaired) electrons. The molecule has 0 aliphatic rings. The van der Waals surface area contributed by atoms with E-state index in [2.05, 4.69) is 0 Å². The summed E-state index contributed by atoms with van der Waals surface area (Å²) in [5.74, 6) is -0.792. The first-order valence-electron chi connectivity index (χ1n) is 5.05. The van der Waals surface area contributed by atoms with E-state index in [0.717, 1.165) is 5.56 Å². The molecular weight excluding hydrogens is 220 g/mol. The van der Waals surface area contributed by atoms with Gasteiger partial charge in [0.2, 0.25) is 0 Å². The molecule has 0 bridgehead atoms. The van der Waals surface area contributed by atoms with E-state index in [4.69, 9.17) is 15.9 Å². The van der Waals surface area contributed by atoms with Gasteiger partial charge in [-0.1, -0.05) is 0 Å². The molecule has 0 saturated heterocycles. The van der Waals surface area contributed by atoms with E-state index in [0.29, 0.717) is 22.2 Å². The summed E-state index contributed by atoms with van der Waals surface area (Å²) in [5, 5.41) is 0.665. The monoisotopic (exact) mass is 232 g/mol. The van der Waals surface area contributed by atoms with Gasteiger partial charge in [-0.2, -0.15) is 0 Å². The van der Waals surface area contributed by atoms with Crippen molar-refractivity contribution in [1.82, 2.24) is 0 Å². The van der Waals surface area contributed by atoms with Crippen LogP contribution in [0.1, 0.15) is 21.5 Å². The van der Waals surface area contributed by atoms with E-state index in [1.807, 2.05) is 0 Å². The third-order valence-electron chi connectivity index (χ3n) is 2.87. The number of amides is 1. The molecule has 0 fully saturated rings. The number of aryl methyl sites for hydroxylation is 2. The largest absolute Gasteiger partial charge is 0.422 e. The van der Waals surface area contributed by atoms with Gasteiger partial charge in [0.15, 0.2) is 0 Å². The zero-order chi connectivity index (χ0) is 12.7. The second-order valence-corrected chi connectivity index (χ2v) is 3.91. The Morgan fingerprint density at radius 2 is 1.88 bits per heavy atom. The van der Waals surface area contributed by atoms with Crippen molar-refractivity contribution in [2.24, 2.45) is 5.73 Å². The second kappa shape index (κ2) is 3.62. The van der Waals surface area contributed by atoms with Crippen LogP contribution < -0.4 is 17.1 Å². The molecule has 1 aromatic carbocycles. The predicted octanol–water partition coefficient (Wildman–Crippen LogP) is 1.09. The fourth-order valence-corrected chi connectivity index (χ4v) is 1.97. The summed E-state index contributed by atoms with van der Waals surface area (Å²) in [7, 11) is 0. The summed E-state index contributed by atoms with van der Waals surface area (Å²) in [6, 6.07) is 3.26. The van der Waals surface area contributed by atoms with E-state index in [1.165, 1.54) is 0 Å². The SMILES string of the molecule is Cc1c(N)ccc2oc(=O)c(C(N)=O)c(C)c12. The molecule has 4 N–H and O–H groups in total. The van der Waals surface area contributed by atoms with Gasteiger partial charge in [-0.25, -0.2) is 4.79 Å². The number of rotatable bonds is 1. The molecule has 88 valence electrons. The van der Waals surface area contributed by atoms with E-state index in [-0.39, 0.29) is 5.56 Å². The average molecular weight is 232 g/mol. The highest BCUT2D eigenvalue weighted by Crippen LogP contribution is 2.26. The van der Waals surface area contributed by atoms with Crippen molar-refractivity contribution in [2.75, 3.05) is 5.73 Å². The maximum atomic E-state index is 11.6. The highest BCUT2D eigenvalue weighted by Gasteiger charge is 2.17. The summed E-state index contributed by atoms with van der Waals surface area (Å²) >= 11 is 0. The quantitative estimate of drug-likeness (QED) is 0.567. The number of nitrogens with two attached hydrogens (primary N) is 2. The first-order chi connectivity index (χ1) is 7.93. The summed E-state index contributed by atoms with van der Waals surface area (Å²) in [4.78, 5) is 22.8. The zero-order valence-electron chi connectivity index (χ0n) is 9.53. The van der Waals surface area contributed by atoms with Crippen LogP contribution in [-0.2, 0) is 0 Å². The van der Waals surface area contributed by atoms with Crippen molar-refractivity contribution in [3.05, 3.63) is 39.2 Å². The van der Waals surface area contributed by atoms with Crippen LogP contribution >= 0.6 is 0 Å². The number of hydrogen-bond acceptors (Lipinski definition) is 4. The van der Waals surface area contributed by atoms with E-state index >= 15 is 0 Å². The Bertz CT molecular complexity index is 686. The van der Waals surface area contributed by atoms with Crippen LogP contribution in [0.15, 0.2) is 21.3 Å². The predicted molar refractivity (Wildman–Crippen MR) is 64.9 cm³/mol. The lowest BCUT2D eigenvalue weighted by Gasteiger charge is -2.09. The summed E-state index contributed by atoms with van der Waals surface area (Å²) in [6.07, 6.45) is 0. The molecule has 17 heavy (non-hydrogen) atoms. The molecule has 1 amide bonds. The van der Waals surface area contributed by atoms with E-state index in [9.17, 15) is 9.59 Å². The minimum atomic E-state index is -0.792. The lowest BCUT2D eigenvalue weighted by Crippen LogP contribution is -2.23. The Labute approximate surface area is 97.0 Å². The first-order valence-corrected chi connectivity index (χ1v) is 5.05. The molecule has 2 aromatic rings. The Morgan fingerprint density at radius 3 is 2.47 bits per heavy atom. The van der Waals surface area contributed by atoms with Crippen LogP contribution in [0.25, 0.3) is 11.0 Å². The number of hydrogen-bond donors (Lipinski definition) is 2. The van der Waals surface area contributed by atoms with Crippen LogP contribution in [0.3, 0.4) is 0 Å². The Morgan fingerprint density at radius 1 is 1.24 bits per heavy atom. The summed E-state index contributed by atoms with van der Waals surface area (Å²) < 4.78 is 5.06. The van der Waals surface area contributed by atoms with Crippen molar-refractivity contribution >= 4 is 22.6 Å². The number of anilines is 1. The van der Waals surface area contributed by atoms with Crippen molar-refractivity contribution in [3.8, 4) is 0 Å². The third-order valence-corrected chi connectivity index (χ3v) is 2.87. The molecule has 5 nitrogen and oxygen atoms in total. The molecule has 5 heteroatoms. The van der Waals surface area contributed by atoms with Crippen LogP contribution in [0, 0.1) is 13.8 Å². The Kier molecular flexibility index (Phi) is 2.38. The second-order valence-electron chi connectivity index (χ2n) is 3.91. The molecule has 1 aromatic heterocycles. The van der Waals surface area contributed by atoms with Gasteiger partial charge >= 0.3 is 5.63 Å². The minimum Gasteiger partial charge on any atom is -0.422 e.